The second kappa shape index (κ2) is 6.66. The Kier molecular flexibility index (Phi) is 4.44. The fourth-order valence-corrected chi connectivity index (χ4v) is 3.16. The molecule has 0 radical (unpaired) electrons. The summed E-state index contributed by atoms with van der Waals surface area (Å²) in [5, 5.41) is 2.05. The summed E-state index contributed by atoms with van der Waals surface area (Å²) in [6, 6.07) is 9.94. The van der Waals surface area contributed by atoms with Crippen LogP contribution in [0.3, 0.4) is 0 Å². The number of hydrogen-bond donors (Lipinski definition) is 1. The topological polar surface area (TPSA) is 64.7 Å². The summed E-state index contributed by atoms with van der Waals surface area (Å²) in [4.78, 5) is 14.5. The molecule has 0 bridgehead atoms. The highest BCUT2D eigenvalue weighted by Gasteiger charge is 2.17. The Morgan fingerprint density at radius 1 is 1.09 bits per heavy atom. The molecule has 112 valence electrons. The van der Waals surface area contributed by atoms with Crippen LogP contribution in [-0.2, 0) is 6.42 Å². The van der Waals surface area contributed by atoms with Crippen LogP contribution < -0.4 is 5.73 Å². The summed E-state index contributed by atoms with van der Waals surface area (Å²) in [7, 11) is 0. The van der Waals surface area contributed by atoms with E-state index >= 15 is 0 Å². The molecule has 3 aromatic rings. The van der Waals surface area contributed by atoms with Gasteiger partial charge >= 0.3 is 0 Å². The van der Waals surface area contributed by atoms with E-state index in [1.165, 1.54) is 0 Å². The molecule has 0 atom stereocenters. The molecule has 4 nitrogen and oxygen atoms in total. The van der Waals surface area contributed by atoms with Gasteiger partial charge in [-0.2, -0.15) is 0 Å². The lowest BCUT2D eigenvalue weighted by Gasteiger charge is -2.13. The zero-order valence-electron chi connectivity index (χ0n) is 12.5. The quantitative estimate of drug-likeness (QED) is 0.767. The number of aromatic nitrogens is 3. The maximum atomic E-state index is 5.96. The van der Waals surface area contributed by atoms with Crippen LogP contribution in [0.4, 0.5) is 5.95 Å². The zero-order valence-corrected chi connectivity index (χ0v) is 13.3. The van der Waals surface area contributed by atoms with Crippen LogP contribution >= 0.6 is 11.3 Å². The Bertz CT molecular complexity index is 739. The van der Waals surface area contributed by atoms with Gasteiger partial charge in [0.1, 0.15) is 0 Å². The molecule has 2 N–H and O–H groups in total. The molecule has 0 unspecified atom stereocenters. The first-order valence-electron chi connectivity index (χ1n) is 7.41. The fourth-order valence-electron chi connectivity index (χ4n) is 2.42. The van der Waals surface area contributed by atoms with E-state index in [1.54, 1.807) is 17.5 Å². The van der Waals surface area contributed by atoms with Crippen molar-refractivity contribution < 1.29 is 0 Å². The predicted octanol–water partition coefficient (Wildman–Crippen LogP) is 4.19. The van der Waals surface area contributed by atoms with Gasteiger partial charge in [0, 0.05) is 11.8 Å². The second-order valence-electron chi connectivity index (χ2n) is 5.05. The summed E-state index contributed by atoms with van der Waals surface area (Å²) >= 11 is 1.67. The number of anilines is 1. The highest BCUT2D eigenvalue weighted by atomic mass is 32.1. The molecule has 0 aliphatic carbocycles. The van der Waals surface area contributed by atoms with E-state index in [2.05, 4.69) is 33.3 Å². The number of thiophene rings is 1. The molecule has 3 rings (SSSR count). The molecule has 0 fully saturated rings. The summed E-state index contributed by atoms with van der Waals surface area (Å²) < 4.78 is 0. The van der Waals surface area contributed by atoms with Crippen LogP contribution in [0.5, 0.6) is 0 Å². The van der Waals surface area contributed by atoms with Gasteiger partial charge in [-0.15, -0.1) is 11.3 Å². The first-order valence-corrected chi connectivity index (χ1v) is 8.29. The normalized spacial score (nSPS) is 10.8. The molecule has 0 amide bonds. The minimum absolute atomic E-state index is 0.296. The van der Waals surface area contributed by atoms with Crippen molar-refractivity contribution in [2.75, 3.05) is 5.73 Å². The van der Waals surface area contributed by atoms with E-state index in [-0.39, 0.29) is 0 Å². The van der Waals surface area contributed by atoms with Crippen LogP contribution in [0.25, 0.3) is 22.0 Å². The minimum atomic E-state index is 0.296. The fraction of sp³-hybridized carbons (Fsp3) is 0.235. The summed E-state index contributed by atoms with van der Waals surface area (Å²) in [5.74, 6) is 0.296. The number of pyridine rings is 1. The molecule has 3 aromatic heterocycles. The SMILES string of the molecule is CCCCc1c(-c2ccccn2)nc(N)nc1-c1cccs1. The Labute approximate surface area is 134 Å². The first-order chi connectivity index (χ1) is 10.8. The zero-order chi connectivity index (χ0) is 15.4. The lowest BCUT2D eigenvalue weighted by molar-refractivity contribution is 0.791. The van der Waals surface area contributed by atoms with E-state index in [4.69, 9.17) is 5.73 Å². The first kappa shape index (κ1) is 14.7. The minimum Gasteiger partial charge on any atom is -0.368 e. The smallest absolute Gasteiger partial charge is 0.221 e. The number of hydrogen-bond acceptors (Lipinski definition) is 5. The highest BCUT2D eigenvalue weighted by Crippen LogP contribution is 2.33. The lowest BCUT2D eigenvalue weighted by Crippen LogP contribution is -2.05. The monoisotopic (exact) mass is 310 g/mol. The largest absolute Gasteiger partial charge is 0.368 e. The number of nitrogen functional groups attached to an aromatic ring is 1. The lowest BCUT2D eigenvalue weighted by atomic mass is 10.0. The summed E-state index contributed by atoms with van der Waals surface area (Å²) in [6.07, 6.45) is 4.92. The van der Waals surface area contributed by atoms with E-state index in [0.717, 1.165) is 46.8 Å². The molecule has 0 aliphatic heterocycles. The molecule has 5 heteroatoms. The Balaban J connectivity index is 2.20. The third-order valence-electron chi connectivity index (χ3n) is 3.47. The predicted molar refractivity (Wildman–Crippen MR) is 91.6 cm³/mol. The number of nitrogens with two attached hydrogens (primary N) is 1. The van der Waals surface area contributed by atoms with Crippen LogP contribution in [-0.4, -0.2) is 15.0 Å². The Morgan fingerprint density at radius 2 is 1.95 bits per heavy atom. The molecule has 0 saturated carbocycles. The van der Waals surface area contributed by atoms with Crippen molar-refractivity contribution in [3.05, 3.63) is 47.5 Å². The van der Waals surface area contributed by atoms with Crippen LogP contribution in [0.1, 0.15) is 25.3 Å². The average molecular weight is 310 g/mol. The Morgan fingerprint density at radius 3 is 2.64 bits per heavy atom. The molecular formula is C17H18N4S. The highest BCUT2D eigenvalue weighted by molar-refractivity contribution is 7.13. The van der Waals surface area contributed by atoms with Crippen molar-refractivity contribution in [3.63, 3.8) is 0 Å². The van der Waals surface area contributed by atoms with Gasteiger partial charge < -0.3 is 5.73 Å². The van der Waals surface area contributed by atoms with Crippen molar-refractivity contribution >= 4 is 17.3 Å². The summed E-state index contributed by atoms with van der Waals surface area (Å²) in [5.41, 5.74) is 9.73. The van der Waals surface area contributed by atoms with Crippen molar-refractivity contribution in [1.29, 1.82) is 0 Å². The van der Waals surface area contributed by atoms with Gasteiger partial charge in [-0.05, 0) is 36.4 Å². The van der Waals surface area contributed by atoms with E-state index < -0.39 is 0 Å². The maximum absolute atomic E-state index is 5.96. The molecule has 22 heavy (non-hydrogen) atoms. The van der Waals surface area contributed by atoms with Crippen molar-refractivity contribution in [2.24, 2.45) is 0 Å². The van der Waals surface area contributed by atoms with E-state index in [0.29, 0.717) is 5.95 Å². The maximum Gasteiger partial charge on any atom is 0.221 e. The molecule has 0 aromatic carbocycles. The summed E-state index contributed by atoms with van der Waals surface area (Å²) in [6.45, 7) is 2.18. The number of unbranched alkanes of at least 4 members (excludes halogenated alkanes) is 1. The van der Waals surface area contributed by atoms with Gasteiger partial charge in [0.15, 0.2) is 0 Å². The van der Waals surface area contributed by atoms with Crippen LogP contribution in [0, 0.1) is 0 Å². The molecule has 0 saturated heterocycles. The van der Waals surface area contributed by atoms with Crippen molar-refractivity contribution in [2.45, 2.75) is 26.2 Å². The average Bonchev–Trinajstić information content (AvgIpc) is 3.08. The van der Waals surface area contributed by atoms with E-state index in [9.17, 15) is 0 Å². The van der Waals surface area contributed by atoms with Gasteiger partial charge in [-0.25, -0.2) is 9.97 Å². The van der Waals surface area contributed by atoms with Crippen molar-refractivity contribution in [1.82, 2.24) is 15.0 Å². The van der Waals surface area contributed by atoms with Gasteiger partial charge in [0.2, 0.25) is 5.95 Å². The third kappa shape index (κ3) is 2.99. The second-order valence-corrected chi connectivity index (χ2v) is 6.00. The number of rotatable bonds is 5. The Hall–Kier alpha value is -2.27. The standard InChI is InChI=1S/C17H18N4S/c1-2-3-7-12-15(13-8-4-5-10-19-13)20-17(18)21-16(12)14-9-6-11-22-14/h4-6,8-11H,2-3,7H2,1H3,(H2,18,20,21). The third-order valence-corrected chi connectivity index (χ3v) is 4.34. The van der Waals surface area contributed by atoms with Crippen LogP contribution in [0.2, 0.25) is 0 Å². The van der Waals surface area contributed by atoms with Crippen LogP contribution in [0.15, 0.2) is 41.9 Å². The molecule has 3 heterocycles. The van der Waals surface area contributed by atoms with Gasteiger partial charge in [-0.3, -0.25) is 4.98 Å². The number of nitrogens with zero attached hydrogens (tertiary/aromatic N) is 3. The van der Waals surface area contributed by atoms with Gasteiger partial charge in [0.25, 0.3) is 0 Å². The molecular weight excluding hydrogens is 292 g/mol. The molecule has 0 spiro atoms. The van der Waals surface area contributed by atoms with E-state index in [1.807, 2.05) is 24.3 Å². The van der Waals surface area contributed by atoms with Gasteiger partial charge in [0.05, 0.1) is 22.0 Å². The van der Waals surface area contributed by atoms with Crippen molar-refractivity contribution in [3.8, 4) is 22.0 Å². The van der Waals surface area contributed by atoms with Gasteiger partial charge in [-0.1, -0.05) is 25.5 Å². The molecule has 0 aliphatic rings.